The fourth-order valence-electron chi connectivity index (χ4n) is 3.23. The van der Waals surface area contributed by atoms with E-state index in [2.05, 4.69) is 49.2 Å². The van der Waals surface area contributed by atoms with Crippen LogP contribution in [0.5, 0.6) is 0 Å². The van der Waals surface area contributed by atoms with Gasteiger partial charge in [-0.05, 0) is 50.3 Å². The smallest absolute Gasteiger partial charge is 0.249 e. The number of hydrogen-bond acceptors (Lipinski definition) is 3. The highest BCUT2D eigenvalue weighted by Gasteiger charge is 2.19. The van der Waals surface area contributed by atoms with Crippen LogP contribution < -0.4 is 5.32 Å². The Hall–Kier alpha value is -1.39. The maximum atomic E-state index is 12.2. The molecule has 1 aliphatic heterocycles. The normalized spacial score (nSPS) is 19.8. The first-order chi connectivity index (χ1) is 12.0. The van der Waals surface area contributed by atoms with Crippen LogP contribution in [0.15, 0.2) is 24.3 Å². The number of carbonyl (C=O) groups is 1. The van der Waals surface area contributed by atoms with E-state index in [-0.39, 0.29) is 5.91 Å². The number of amides is 1. The summed E-state index contributed by atoms with van der Waals surface area (Å²) in [5.41, 5.74) is 2.51. The van der Waals surface area contributed by atoms with Crippen LogP contribution in [0.1, 0.15) is 58.1 Å². The summed E-state index contributed by atoms with van der Waals surface area (Å²) < 4.78 is 5.60. The zero-order valence-corrected chi connectivity index (χ0v) is 16.3. The second-order valence-electron chi connectivity index (χ2n) is 7.67. The molecule has 1 aromatic carbocycles. The van der Waals surface area contributed by atoms with Gasteiger partial charge in [-0.1, -0.05) is 44.5 Å². The van der Waals surface area contributed by atoms with Gasteiger partial charge in [0.05, 0.1) is 0 Å². The Morgan fingerprint density at radius 3 is 2.64 bits per heavy atom. The molecule has 4 nitrogen and oxygen atoms in total. The van der Waals surface area contributed by atoms with Gasteiger partial charge in [0.1, 0.15) is 6.10 Å². The van der Waals surface area contributed by atoms with Crippen molar-refractivity contribution >= 4 is 5.91 Å². The number of nitrogens with zero attached hydrogens (tertiary/aromatic N) is 1. The Kier molecular flexibility index (Phi) is 7.91. The van der Waals surface area contributed by atoms with Crippen LogP contribution in [0.2, 0.25) is 0 Å². The molecule has 2 atom stereocenters. The number of carbonyl (C=O) groups excluding carboxylic acids is 1. The van der Waals surface area contributed by atoms with Crippen LogP contribution in [0.4, 0.5) is 0 Å². The van der Waals surface area contributed by atoms with Gasteiger partial charge in [0.25, 0.3) is 0 Å². The quantitative estimate of drug-likeness (QED) is 0.780. The summed E-state index contributed by atoms with van der Waals surface area (Å²) in [6.45, 7) is 11.6. The molecule has 0 bridgehead atoms. The van der Waals surface area contributed by atoms with Crippen LogP contribution >= 0.6 is 0 Å². The van der Waals surface area contributed by atoms with Crippen LogP contribution in [0, 0.1) is 5.92 Å². The number of ether oxygens (including phenoxy) is 1. The van der Waals surface area contributed by atoms with Crippen LogP contribution in [-0.4, -0.2) is 36.1 Å². The second-order valence-corrected chi connectivity index (χ2v) is 7.67. The van der Waals surface area contributed by atoms with Gasteiger partial charge in [-0.15, -0.1) is 0 Å². The highest BCUT2D eigenvalue weighted by Crippen LogP contribution is 2.20. The average molecular weight is 347 g/mol. The highest BCUT2D eigenvalue weighted by atomic mass is 16.5. The Labute approximate surface area is 152 Å². The molecule has 0 radical (unpaired) electrons. The molecule has 1 aliphatic rings. The van der Waals surface area contributed by atoms with Gasteiger partial charge in [-0.3, -0.25) is 9.69 Å². The maximum Gasteiger partial charge on any atom is 0.249 e. The molecule has 1 heterocycles. The van der Waals surface area contributed by atoms with Gasteiger partial charge in [0.2, 0.25) is 5.91 Å². The molecule has 0 spiro atoms. The molecular weight excluding hydrogens is 312 g/mol. The standard InChI is InChI=1S/C21H34N2O2/c1-16(2)15-25-18(4)21(24)22-13-19-10-5-6-11-20(19)14-23-12-8-7-9-17(23)3/h5-6,10-11,16-18H,7-9,12-15H2,1-4H3,(H,22,24)/t17-,18+/m1/s1. The molecule has 1 saturated heterocycles. The van der Waals surface area contributed by atoms with Crippen molar-refractivity contribution in [1.82, 2.24) is 10.2 Å². The van der Waals surface area contributed by atoms with E-state index in [1.165, 1.54) is 36.9 Å². The number of nitrogens with one attached hydrogen (secondary N) is 1. The Morgan fingerprint density at radius 1 is 1.24 bits per heavy atom. The number of rotatable bonds is 8. The Bertz CT molecular complexity index is 544. The van der Waals surface area contributed by atoms with E-state index < -0.39 is 6.10 Å². The van der Waals surface area contributed by atoms with Crippen molar-refractivity contribution in [3.8, 4) is 0 Å². The molecule has 1 amide bonds. The molecule has 1 N–H and O–H groups in total. The Morgan fingerprint density at radius 2 is 1.96 bits per heavy atom. The van der Waals surface area contributed by atoms with Crippen LogP contribution in [-0.2, 0) is 22.6 Å². The number of likely N-dealkylation sites (tertiary alicyclic amines) is 1. The number of benzene rings is 1. The van der Waals surface area contributed by atoms with Crippen molar-refractivity contribution < 1.29 is 9.53 Å². The molecule has 2 rings (SSSR count). The van der Waals surface area contributed by atoms with E-state index in [4.69, 9.17) is 4.74 Å². The van der Waals surface area contributed by atoms with E-state index in [0.29, 0.717) is 25.1 Å². The van der Waals surface area contributed by atoms with Crippen molar-refractivity contribution in [2.45, 2.75) is 72.2 Å². The van der Waals surface area contributed by atoms with Crippen molar-refractivity contribution in [3.05, 3.63) is 35.4 Å². The van der Waals surface area contributed by atoms with Crippen molar-refractivity contribution in [1.29, 1.82) is 0 Å². The fraction of sp³-hybridized carbons (Fsp3) is 0.667. The number of hydrogen-bond donors (Lipinski definition) is 1. The minimum absolute atomic E-state index is 0.0400. The van der Waals surface area contributed by atoms with E-state index in [1.54, 1.807) is 0 Å². The predicted molar refractivity (Wildman–Crippen MR) is 102 cm³/mol. The summed E-state index contributed by atoms with van der Waals surface area (Å²) in [5.74, 6) is 0.393. The topological polar surface area (TPSA) is 41.6 Å². The van der Waals surface area contributed by atoms with Crippen molar-refractivity contribution in [2.75, 3.05) is 13.2 Å². The minimum atomic E-state index is -0.406. The lowest BCUT2D eigenvalue weighted by Gasteiger charge is -2.33. The molecule has 0 aliphatic carbocycles. The van der Waals surface area contributed by atoms with Gasteiger partial charge in [-0.2, -0.15) is 0 Å². The summed E-state index contributed by atoms with van der Waals surface area (Å²) in [4.78, 5) is 14.8. The van der Waals surface area contributed by atoms with E-state index in [1.807, 2.05) is 13.0 Å². The van der Waals surface area contributed by atoms with Gasteiger partial charge < -0.3 is 10.1 Å². The van der Waals surface area contributed by atoms with Crippen LogP contribution in [0.3, 0.4) is 0 Å². The maximum absolute atomic E-state index is 12.2. The lowest BCUT2D eigenvalue weighted by molar-refractivity contribution is -0.132. The Balaban J connectivity index is 1.90. The zero-order valence-electron chi connectivity index (χ0n) is 16.3. The summed E-state index contributed by atoms with van der Waals surface area (Å²) >= 11 is 0. The van der Waals surface area contributed by atoms with Crippen molar-refractivity contribution in [3.63, 3.8) is 0 Å². The third kappa shape index (κ3) is 6.44. The molecular formula is C21H34N2O2. The molecule has 25 heavy (non-hydrogen) atoms. The summed E-state index contributed by atoms with van der Waals surface area (Å²) in [6, 6.07) is 9.07. The lowest BCUT2D eigenvalue weighted by Crippen LogP contribution is -2.37. The SMILES string of the molecule is CC(C)CO[C@@H](C)C(=O)NCc1ccccc1CN1CCCC[C@H]1C. The fourth-order valence-corrected chi connectivity index (χ4v) is 3.23. The summed E-state index contributed by atoms with van der Waals surface area (Å²) in [5, 5.41) is 3.03. The van der Waals surface area contributed by atoms with E-state index in [0.717, 1.165) is 6.54 Å². The summed E-state index contributed by atoms with van der Waals surface area (Å²) in [6.07, 6.45) is 3.50. The minimum Gasteiger partial charge on any atom is -0.368 e. The third-order valence-corrected chi connectivity index (χ3v) is 4.93. The first-order valence-corrected chi connectivity index (χ1v) is 9.67. The van der Waals surface area contributed by atoms with Crippen molar-refractivity contribution in [2.24, 2.45) is 5.92 Å². The van der Waals surface area contributed by atoms with Gasteiger partial charge in [0.15, 0.2) is 0 Å². The molecule has 1 fully saturated rings. The largest absolute Gasteiger partial charge is 0.368 e. The van der Waals surface area contributed by atoms with Gasteiger partial charge >= 0.3 is 0 Å². The predicted octanol–water partition coefficient (Wildman–Crippen LogP) is 3.74. The molecule has 140 valence electrons. The molecule has 0 saturated carbocycles. The lowest BCUT2D eigenvalue weighted by atomic mass is 10.0. The molecule has 4 heteroatoms. The van der Waals surface area contributed by atoms with Gasteiger partial charge in [-0.25, -0.2) is 0 Å². The molecule has 1 aromatic rings. The third-order valence-electron chi connectivity index (χ3n) is 4.93. The average Bonchev–Trinajstić information content (AvgIpc) is 2.60. The number of piperidine rings is 1. The van der Waals surface area contributed by atoms with Crippen LogP contribution in [0.25, 0.3) is 0 Å². The van der Waals surface area contributed by atoms with E-state index in [9.17, 15) is 4.79 Å². The monoisotopic (exact) mass is 346 g/mol. The van der Waals surface area contributed by atoms with E-state index >= 15 is 0 Å². The second kappa shape index (κ2) is 9.93. The first-order valence-electron chi connectivity index (χ1n) is 9.67. The molecule has 0 aromatic heterocycles. The first kappa shape index (κ1) is 19.9. The zero-order chi connectivity index (χ0) is 18.2. The summed E-state index contributed by atoms with van der Waals surface area (Å²) in [7, 11) is 0. The molecule has 0 unspecified atom stereocenters. The van der Waals surface area contributed by atoms with Gasteiger partial charge in [0, 0.05) is 25.7 Å². The highest BCUT2D eigenvalue weighted by molar-refractivity contribution is 5.80.